The molecule has 2 aliphatic rings. The molecule has 6 rings (SSSR count). The highest BCUT2D eigenvalue weighted by atomic mass is 35.5. The summed E-state index contributed by atoms with van der Waals surface area (Å²) in [6.07, 6.45) is 10.2. The molecule has 0 radical (unpaired) electrons. The van der Waals surface area contributed by atoms with Gasteiger partial charge in [0, 0.05) is 48.4 Å². The van der Waals surface area contributed by atoms with Crippen LogP contribution in [-0.4, -0.2) is 42.1 Å². The van der Waals surface area contributed by atoms with Crippen LogP contribution in [0.1, 0.15) is 55.0 Å². The van der Waals surface area contributed by atoms with Crippen molar-refractivity contribution in [2.75, 3.05) is 7.11 Å². The first-order valence-corrected chi connectivity index (χ1v) is 12.9. The molecule has 1 aromatic carbocycles. The van der Waals surface area contributed by atoms with E-state index in [1.54, 1.807) is 19.6 Å². The first-order chi connectivity index (χ1) is 18.0. The average molecular weight is 514 g/mol. The summed E-state index contributed by atoms with van der Waals surface area (Å²) in [5.74, 6) is 2.34. The minimum absolute atomic E-state index is 0.0561. The van der Waals surface area contributed by atoms with Gasteiger partial charge in [0.2, 0.25) is 5.88 Å². The number of hydrogen-bond donors (Lipinski definition) is 0. The van der Waals surface area contributed by atoms with Gasteiger partial charge in [0.1, 0.15) is 5.82 Å². The molecular formula is C28H28ClN7O. The Bertz CT molecular complexity index is 1520. The van der Waals surface area contributed by atoms with Crippen molar-refractivity contribution in [2.45, 2.75) is 45.6 Å². The molecule has 0 N–H and O–H groups in total. The maximum Gasteiger partial charge on any atom is 0.234 e. The van der Waals surface area contributed by atoms with Gasteiger partial charge in [-0.1, -0.05) is 30.7 Å². The van der Waals surface area contributed by atoms with Crippen molar-refractivity contribution in [2.24, 2.45) is 10.9 Å². The Balaban J connectivity index is 1.38. The van der Waals surface area contributed by atoms with E-state index < -0.39 is 0 Å². The van der Waals surface area contributed by atoms with Crippen LogP contribution in [0.3, 0.4) is 0 Å². The number of ether oxygens (including phenoxy) is 1. The summed E-state index contributed by atoms with van der Waals surface area (Å²) >= 11 is 6.75. The number of benzene rings is 1. The van der Waals surface area contributed by atoms with Crippen molar-refractivity contribution in [3.63, 3.8) is 0 Å². The SMILES string of the molecule is COC1=C(n2cnc(C)c2)CC(C)C(c2nc3n(n2)CCC[C@H]3c2cc(-c3cccnc3)ccc2Cl)=N1. The van der Waals surface area contributed by atoms with E-state index in [-0.39, 0.29) is 11.8 Å². The minimum atomic E-state index is 0.0561. The summed E-state index contributed by atoms with van der Waals surface area (Å²) in [5, 5.41) is 5.65. The molecule has 2 aliphatic heterocycles. The maximum absolute atomic E-state index is 6.75. The molecule has 0 saturated heterocycles. The van der Waals surface area contributed by atoms with Crippen LogP contribution in [0.2, 0.25) is 5.02 Å². The minimum Gasteiger partial charge on any atom is -0.480 e. The third-order valence-electron chi connectivity index (χ3n) is 7.12. The van der Waals surface area contributed by atoms with Gasteiger partial charge in [-0.25, -0.2) is 19.6 Å². The highest BCUT2D eigenvalue weighted by molar-refractivity contribution is 6.31. The van der Waals surface area contributed by atoms with Gasteiger partial charge < -0.3 is 9.30 Å². The smallest absolute Gasteiger partial charge is 0.234 e. The predicted octanol–water partition coefficient (Wildman–Crippen LogP) is 5.73. The van der Waals surface area contributed by atoms with Gasteiger partial charge in [0.25, 0.3) is 0 Å². The van der Waals surface area contributed by atoms with Crippen LogP contribution in [0.4, 0.5) is 0 Å². The molecule has 0 fully saturated rings. The van der Waals surface area contributed by atoms with Gasteiger partial charge in [-0.3, -0.25) is 4.98 Å². The summed E-state index contributed by atoms with van der Waals surface area (Å²) in [5.41, 5.74) is 6.00. The van der Waals surface area contributed by atoms with E-state index in [0.29, 0.717) is 11.7 Å². The Labute approximate surface area is 220 Å². The molecular weight excluding hydrogens is 486 g/mol. The molecule has 0 saturated carbocycles. The van der Waals surface area contributed by atoms with Gasteiger partial charge in [-0.05, 0) is 54.7 Å². The van der Waals surface area contributed by atoms with E-state index in [0.717, 1.165) is 70.4 Å². The Morgan fingerprint density at radius 2 is 2.05 bits per heavy atom. The quantitative estimate of drug-likeness (QED) is 0.340. The van der Waals surface area contributed by atoms with Crippen LogP contribution in [0.25, 0.3) is 16.8 Å². The molecule has 1 unspecified atom stereocenters. The van der Waals surface area contributed by atoms with Crippen LogP contribution in [0, 0.1) is 12.8 Å². The molecule has 5 heterocycles. The lowest BCUT2D eigenvalue weighted by Crippen LogP contribution is -2.22. The average Bonchev–Trinajstić information content (AvgIpc) is 3.55. The summed E-state index contributed by atoms with van der Waals surface area (Å²) in [6.45, 7) is 4.95. The lowest BCUT2D eigenvalue weighted by molar-refractivity contribution is 0.284. The summed E-state index contributed by atoms with van der Waals surface area (Å²) < 4.78 is 9.70. The number of aromatic nitrogens is 6. The van der Waals surface area contributed by atoms with Gasteiger partial charge in [-0.2, -0.15) is 0 Å². The van der Waals surface area contributed by atoms with E-state index in [1.165, 1.54) is 0 Å². The van der Waals surface area contributed by atoms with Crippen LogP contribution < -0.4 is 0 Å². The van der Waals surface area contributed by atoms with Crippen molar-refractivity contribution in [1.29, 1.82) is 0 Å². The highest BCUT2D eigenvalue weighted by Crippen LogP contribution is 2.39. The third kappa shape index (κ3) is 4.35. The fourth-order valence-electron chi connectivity index (χ4n) is 5.25. The van der Waals surface area contributed by atoms with E-state index in [2.05, 4.69) is 29.0 Å². The molecule has 9 heteroatoms. The summed E-state index contributed by atoms with van der Waals surface area (Å²) in [4.78, 5) is 18.6. The van der Waals surface area contributed by atoms with Crippen LogP contribution in [0.15, 0.2) is 66.1 Å². The molecule has 4 aromatic rings. The molecule has 8 nitrogen and oxygen atoms in total. The first-order valence-electron chi connectivity index (χ1n) is 12.5. The van der Waals surface area contributed by atoms with E-state index in [4.69, 9.17) is 31.4 Å². The molecule has 0 amide bonds. The van der Waals surface area contributed by atoms with Crippen LogP contribution >= 0.6 is 11.6 Å². The zero-order chi connectivity index (χ0) is 25.5. The van der Waals surface area contributed by atoms with Crippen LogP contribution in [-0.2, 0) is 11.3 Å². The number of fused-ring (bicyclic) bond motifs is 1. The second-order valence-electron chi connectivity index (χ2n) is 9.67. The molecule has 3 aromatic heterocycles. The van der Waals surface area contributed by atoms with E-state index >= 15 is 0 Å². The number of allylic oxidation sites excluding steroid dienone is 1. The van der Waals surface area contributed by atoms with E-state index in [1.807, 2.05) is 46.8 Å². The van der Waals surface area contributed by atoms with Gasteiger partial charge >= 0.3 is 0 Å². The third-order valence-corrected chi connectivity index (χ3v) is 7.47. The van der Waals surface area contributed by atoms with Gasteiger partial charge in [0.15, 0.2) is 5.82 Å². The second-order valence-corrected chi connectivity index (χ2v) is 10.1. The topological polar surface area (TPSA) is 83.0 Å². The Hall–Kier alpha value is -3.78. The summed E-state index contributed by atoms with van der Waals surface area (Å²) in [7, 11) is 1.65. The van der Waals surface area contributed by atoms with Crippen molar-refractivity contribution in [3.05, 3.63) is 89.1 Å². The zero-order valence-corrected chi connectivity index (χ0v) is 21.9. The fourth-order valence-corrected chi connectivity index (χ4v) is 5.50. The first kappa shape index (κ1) is 23.6. The van der Waals surface area contributed by atoms with Crippen LogP contribution in [0.5, 0.6) is 0 Å². The number of aliphatic imine (C=N–C) groups is 1. The predicted molar refractivity (Wildman–Crippen MR) is 143 cm³/mol. The van der Waals surface area contributed by atoms with Crippen molar-refractivity contribution in [3.8, 4) is 11.1 Å². The molecule has 0 spiro atoms. The number of aryl methyl sites for hydroxylation is 2. The number of rotatable bonds is 5. The number of pyridine rings is 1. The normalized spacial score (nSPS) is 19.5. The zero-order valence-electron chi connectivity index (χ0n) is 21.1. The molecule has 0 aliphatic carbocycles. The Morgan fingerprint density at radius 1 is 1.16 bits per heavy atom. The number of nitrogens with zero attached hydrogens (tertiary/aromatic N) is 7. The molecule has 188 valence electrons. The number of methoxy groups -OCH3 is 1. The lowest BCUT2D eigenvalue weighted by Gasteiger charge is -2.23. The monoisotopic (exact) mass is 513 g/mol. The number of imidazole rings is 1. The van der Waals surface area contributed by atoms with Crippen molar-refractivity contribution in [1.82, 2.24) is 29.3 Å². The second kappa shape index (κ2) is 9.59. The molecule has 2 atom stereocenters. The largest absolute Gasteiger partial charge is 0.480 e. The maximum atomic E-state index is 6.75. The van der Waals surface area contributed by atoms with Gasteiger partial charge in [-0.15, -0.1) is 5.10 Å². The molecule has 37 heavy (non-hydrogen) atoms. The highest BCUT2D eigenvalue weighted by Gasteiger charge is 2.32. The van der Waals surface area contributed by atoms with Crippen molar-refractivity contribution >= 4 is 23.0 Å². The Kier molecular flexibility index (Phi) is 6.12. The van der Waals surface area contributed by atoms with Crippen molar-refractivity contribution < 1.29 is 4.74 Å². The standard InChI is InChI=1S/C28H28ClN7O/c1-17-12-24(35-15-18(2)31-16-35)28(37-3)32-25(17)26-33-27-21(7-5-11-36(27)34-26)22-13-19(8-9-23(22)29)20-6-4-10-30-14-20/h4,6,8-10,13-17,21H,5,7,11-12H2,1-3H3/t17?,21-/m0/s1. The number of halogens is 1. The van der Waals surface area contributed by atoms with Gasteiger partial charge in [0.05, 0.1) is 30.5 Å². The fraction of sp³-hybridized carbons (Fsp3) is 0.321. The molecule has 0 bridgehead atoms. The summed E-state index contributed by atoms with van der Waals surface area (Å²) in [6, 6.07) is 10.2. The Morgan fingerprint density at radius 3 is 2.81 bits per heavy atom. The van der Waals surface area contributed by atoms with E-state index in [9.17, 15) is 0 Å². The lowest BCUT2D eigenvalue weighted by atomic mass is 9.89. The number of hydrogen-bond acceptors (Lipinski definition) is 6.